The highest BCUT2D eigenvalue weighted by Gasteiger charge is 2.31. The van der Waals surface area contributed by atoms with Gasteiger partial charge in [-0.1, -0.05) is 11.3 Å². The van der Waals surface area contributed by atoms with E-state index in [0.717, 1.165) is 41.0 Å². The number of hydrogen-bond donors (Lipinski definition) is 2. The maximum absolute atomic E-state index is 13.3. The van der Waals surface area contributed by atoms with Gasteiger partial charge in [0.1, 0.15) is 22.5 Å². The first-order valence-corrected chi connectivity index (χ1v) is 12.2. The van der Waals surface area contributed by atoms with Gasteiger partial charge >= 0.3 is 0 Å². The predicted octanol–water partition coefficient (Wildman–Crippen LogP) is 4.45. The fourth-order valence-electron chi connectivity index (χ4n) is 4.51. The standard InChI is InChI=1S/C25H23FN6OS/c1-14-8-18(31-12-19(33)13-31)9-21-20(23(15-2-3-15)30-32(14)21)11-28-25-29-24(22(10-27)34-25)16-4-6-17(26)7-5-16/h4-9,15,19,33H,2-3,11-13H2,1H3,(H,28,29). The predicted molar refractivity (Wildman–Crippen MR) is 130 cm³/mol. The van der Waals surface area contributed by atoms with Gasteiger partial charge in [0.25, 0.3) is 0 Å². The lowest BCUT2D eigenvalue weighted by Gasteiger charge is -2.38. The second kappa shape index (κ2) is 8.08. The molecule has 0 atom stereocenters. The Morgan fingerprint density at radius 3 is 2.68 bits per heavy atom. The minimum atomic E-state index is -0.320. The molecule has 2 N–H and O–H groups in total. The number of aliphatic hydroxyl groups is 1. The minimum Gasteiger partial charge on any atom is -0.389 e. The number of benzene rings is 1. The molecule has 3 aromatic heterocycles. The van der Waals surface area contributed by atoms with Crippen LogP contribution < -0.4 is 10.2 Å². The molecule has 0 unspecified atom stereocenters. The highest BCUT2D eigenvalue weighted by Crippen LogP contribution is 2.43. The quantitative estimate of drug-likeness (QED) is 0.429. The second-order valence-corrected chi connectivity index (χ2v) is 10.0. The van der Waals surface area contributed by atoms with E-state index >= 15 is 0 Å². The highest BCUT2D eigenvalue weighted by atomic mass is 32.1. The van der Waals surface area contributed by atoms with E-state index in [9.17, 15) is 14.8 Å². The number of nitrogens with one attached hydrogen (secondary N) is 1. The van der Waals surface area contributed by atoms with Gasteiger partial charge in [0, 0.05) is 48.1 Å². The van der Waals surface area contributed by atoms with Gasteiger partial charge in [-0.25, -0.2) is 13.9 Å². The van der Waals surface area contributed by atoms with Gasteiger partial charge < -0.3 is 15.3 Å². The Labute approximate surface area is 200 Å². The van der Waals surface area contributed by atoms with Crippen LogP contribution in [0.1, 0.15) is 40.6 Å². The van der Waals surface area contributed by atoms with Crippen molar-refractivity contribution in [3.05, 3.63) is 64.0 Å². The highest BCUT2D eigenvalue weighted by molar-refractivity contribution is 7.16. The van der Waals surface area contributed by atoms with Crippen LogP contribution in [0.25, 0.3) is 16.8 Å². The lowest BCUT2D eigenvalue weighted by molar-refractivity contribution is 0.142. The molecule has 1 aliphatic carbocycles. The van der Waals surface area contributed by atoms with Crippen LogP contribution in [0.15, 0.2) is 36.4 Å². The molecule has 2 aliphatic rings. The van der Waals surface area contributed by atoms with Crippen molar-refractivity contribution in [3.63, 3.8) is 0 Å². The molecule has 1 aliphatic heterocycles. The molecule has 6 rings (SSSR count). The molecule has 9 heteroatoms. The number of aryl methyl sites for hydroxylation is 1. The van der Waals surface area contributed by atoms with Crippen molar-refractivity contribution in [1.82, 2.24) is 14.6 Å². The van der Waals surface area contributed by atoms with Crippen LogP contribution in [0.5, 0.6) is 0 Å². The molecule has 4 heterocycles. The zero-order valence-electron chi connectivity index (χ0n) is 18.6. The normalized spacial score (nSPS) is 16.0. The first-order chi connectivity index (χ1) is 16.5. The van der Waals surface area contributed by atoms with Crippen LogP contribution in [0.2, 0.25) is 0 Å². The number of thiazole rings is 1. The molecule has 1 saturated carbocycles. The summed E-state index contributed by atoms with van der Waals surface area (Å²) in [5.41, 5.74) is 6.75. The number of halogens is 1. The summed E-state index contributed by atoms with van der Waals surface area (Å²) in [4.78, 5) is 7.31. The summed E-state index contributed by atoms with van der Waals surface area (Å²) in [6.07, 6.45) is 2.02. The summed E-state index contributed by atoms with van der Waals surface area (Å²) >= 11 is 1.30. The van der Waals surface area contributed by atoms with Gasteiger partial charge in [0.15, 0.2) is 5.13 Å². The molecule has 34 heavy (non-hydrogen) atoms. The van der Waals surface area contributed by atoms with E-state index in [-0.39, 0.29) is 11.9 Å². The van der Waals surface area contributed by atoms with E-state index in [1.165, 1.54) is 23.5 Å². The molecule has 7 nitrogen and oxygen atoms in total. The SMILES string of the molecule is Cc1cc(N2CC(O)C2)cc2c(CNc3nc(-c4ccc(F)cc4)c(C#N)s3)c(C3CC3)nn12. The number of nitrogens with zero attached hydrogens (tertiary/aromatic N) is 5. The van der Waals surface area contributed by atoms with Gasteiger partial charge in [-0.15, -0.1) is 0 Å². The average molecular weight is 475 g/mol. The summed E-state index contributed by atoms with van der Waals surface area (Å²) in [5, 5.41) is 28.4. The van der Waals surface area contributed by atoms with E-state index in [2.05, 4.69) is 40.3 Å². The Balaban J connectivity index is 1.33. The monoisotopic (exact) mass is 474 g/mol. The van der Waals surface area contributed by atoms with Gasteiger partial charge in [-0.05, 0) is 56.2 Å². The lowest BCUT2D eigenvalue weighted by Crippen LogP contribution is -2.50. The third-order valence-corrected chi connectivity index (χ3v) is 7.40. The summed E-state index contributed by atoms with van der Waals surface area (Å²) in [5.74, 6) is 0.157. The van der Waals surface area contributed by atoms with Crippen LogP contribution in [0, 0.1) is 24.1 Å². The number of nitriles is 1. The molecule has 4 aromatic rings. The fraction of sp³-hybridized carbons (Fsp3) is 0.320. The van der Waals surface area contributed by atoms with Crippen molar-refractivity contribution in [2.75, 3.05) is 23.3 Å². The smallest absolute Gasteiger partial charge is 0.184 e. The summed E-state index contributed by atoms with van der Waals surface area (Å²) in [6.45, 7) is 3.90. The Morgan fingerprint density at radius 1 is 1.24 bits per heavy atom. The number of fused-ring (bicyclic) bond motifs is 1. The van der Waals surface area contributed by atoms with E-state index in [0.29, 0.717) is 46.8 Å². The topological polar surface area (TPSA) is 89.5 Å². The largest absolute Gasteiger partial charge is 0.389 e. The number of anilines is 2. The number of rotatable bonds is 6. The molecule has 0 amide bonds. The van der Waals surface area contributed by atoms with Gasteiger partial charge in [0.2, 0.25) is 0 Å². The molecule has 1 aromatic carbocycles. The average Bonchev–Trinajstić information content (AvgIpc) is 3.46. The lowest BCUT2D eigenvalue weighted by atomic mass is 10.1. The third-order valence-electron chi connectivity index (χ3n) is 6.48. The van der Waals surface area contributed by atoms with Crippen LogP contribution in [0.4, 0.5) is 15.2 Å². The van der Waals surface area contributed by atoms with Crippen molar-refractivity contribution < 1.29 is 9.50 Å². The number of aliphatic hydroxyl groups excluding tert-OH is 1. The van der Waals surface area contributed by atoms with Crippen LogP contribution >= 0.6 is 11.3 Å². The van der Waals surface area contributed by atoms with Crippen molar-refractivity contribution in [1.29, 1.82) is 5.26 Å². The molecule has 2 fully saturated rings. The zero-order chi connectivity index (χ0) is 23.4. The number of β-amino-alcohol motifs (C(OH)–C–C–N with tert-alkyl or cyclic N) is 1. The molecule has 1 saturated heterocycles. The van der Waals surface area contributed by atoms with Gasteiger partial charge in [0.05, 0.1) is 17.3 Å². The molecule has 0 radical (unpaired) electrons. The van der Waals surface area contributed by atoms with Gasteiger partial charge in [-0.3, -0.25) is 0 Å². The Bertz CT molecular complexity index is 1430. The van der Waals surface area contributed by atoms with E-state index in [1.54, 1.807) is 12.1 Å². The fourth-order valence-corrected chi connectivity index (χ4v) is 5.29. The molecular weight excluding hydrogens is 451 g/mol. The van der Waals surface area contributed by atoms with Gasteiger partial charge in [-0.2, -0.15) is 10.4 Å². The number of hydrogen-bond acceptors (Lipinski definition) is 7. The Hall–Kier alpha value is -3.48. The molecular formula is C25H23FN6OS. The molecule has 172 valence electrons. The summed E-state index contributed by atoms with van der Waals surface area (Å²) in [6, 6.07) is 12.5. The van der Waals surface area contributed by atoms with E-state index < -0.39 is 0 Å². The van der Waals surface area contributed by atoms with Crippen LogP contribution in [-0.4, -0.2) is 38.9 Å². The summed E-state index contributed by atoms with van der Waals surface area (Å²) < 4.78 is 15.3. The van der Waals surface area contributed by atoms with Crippen molar-refractivity contribution in [3.8, 4) is 17.3 Å². The maximum Gasteiger partial charge on any atom is 0.184 e. The minimum absolute atomic E-state index is 0.265. The molecule has 0 spiro atoms. The van der Waals surface area contributed by atoms with Crippen molar-refractivity contribution in [2.24, 2.45) is 0 Å². The van der Waals surface area contributed by atoms with Crippen molar-refractivity contribution in [2.45, 2.75) is 38.3 Å². The Kier molecular flexibility index (Phi) is 5.01. The summed E-state index contributed by atoms with van der Waals surface area (Å²) in [7, 11) is 0. The maximum atomic E-state index is 13.3. The van der Waals surface area contributed by atoms with Crippen LogP contribution in [-0.2, 0) is 6.54 Å². The van der Waals surface area contributed by atoms with Crippen LogP contribution in [0.3, 0.4) is 0 Å². The number of pyridine rings is 1. The first kappa shape index (κ1) is 21.1. The Morgan fingerprint density at radius 2 is 2.00 bits per heavy atom. The number of aromatic nitrogens is 3. The molecule has 0 bridgehead atoms. The third kappa shape index (κ3) is 3.69. The zero-order valence-corrected chi connectivity index (χ0v) is 19.4. The van der Waals surface area contributed by atoms with Crippen molar-refractivity contribution >= 4 is 27.7 Å². The van der Waals surface area contributed by atoms with E-state index in [1.807, 2.05) is 4.52 Å². The second-order valence-electron chi connectivity index (χ2n) is 9.02. The van der Waals surface area contributed by atoms with E-state index in [4.69, 9.17) is 5.10 Å². The first-order valence-electron chi connectivity index (χ1n) is 11.4.